The van der Waals surface area contributed by atoms with Crippen molar-refractivity contribution < 1.29 is 4.57 Å². The van der Waals surface area contributed by atoms with Gasteiger partial charge in [0.2, 0.25) is 6.33 Å². The summed E-state index contributed by atoms with van der Waals surface area (Å²) in [5.41, 5.74) is 17.3. The average Bonchev–Trinajstić information content (AvgIpc) is 4.11. The van der Waals surface area contributed by atoms with Crippen LogP contribution in [-0.4, -0.2) is 39.5 Å². The van der Waals surface area contributed by atoms with Gasteiger partial charge in [0.05, 0.1) is 23.6 Å². The zero-order valence-corrected chi connectivity index (χ0v) is 36.5. The Kier molecular flexibility index (Phi) is 8.16. The smallest absolute Gasteiger partial charge is 0.204 e. The molecule has 0 amide bonds. The van der Waals surface area contributed by atoms with Crippen molar-refractivity contribution in [3.8, 4) is 33.4 Å². The minimum absolute atomic E-state index is 0.302. The van der Waals surface area contributed by atoms with E-state index in [0.717, 1.165) is 94.7 Å². The number of aryl methyl sites for hydroxylation is 1. The van der Waals surface area contributed by atoms with Crippen molar-refractivity contribution in [2.45, 2.75) is 36.1 Å². The van der Waals surface area contributed by atoms with Gasteiger partial charge in [-0.05, 0) is 117 Å². The third kappa shape index (κ3) is 4.89. The monoisotopic (exact) mass is 851 g/mol. The molecule has 0 unspecified atom stereocenters. The zero-order chi connectivity index (χ0) is 44.2. The van der Waals surface area contributed by atoms with E-state index < -0.39 is 16.4 Å². The topological polar surface area (TPSA) is 99.0 Å². The van der Waals surface area contributed by atoms with Crippen LogP contribution in [0.5, 0.6) is 0 Å². The van der Waals surface area contributed by atoms with E-state index in [4.69, 9.17) is 15.0 Å². The summed E-state index contributed by atoms with van der Waals surface area (Å²) in [6.45, 7) is 4.48. The van der Waals surface area contributed by atoms with E-state index in [1.165, 1.54) is 5.56 Å². The number of pyridine rings is 7. The maximum absolute atomic E-state index is 5.28. The van der Waals surface area contributed by atoms with Crippen LogP contribution in [0.2, 0.25) is 0 Å². The molecule has 0 N–H and O–H groups in total. The summed E-state index contributed by atoms with van der Waals surface area (Å²) < 4.78 is 4.20. The lowest BCUT2D eigenvalue weighted by molar-refractivity contribution is -0.675. The fourth-order valence-electron chi connectivity index (χ4n) is 11.8. The first-order valence-corrected chi connectivity index (χ1v) is 22.3. The standard InChI is InChI=1S/C57H41N9/c1-36(2)37-10-23-64-54(26-37)56(50-13-19-60-31-44(50)45-32-61-20-14-51(45)56)40-8-4-6-38(27-40)55(48-11-17-58-29-42(48)43-30-59-18-12-49(43)55)39-7-5-9-41(28-39)57(66-25-24-65(3)35-66)52-15-21-62-33-46(52)47-34-63-22-16-53(47)57/h4-34,36H,1-3H3. The third-order valence-corrected chi connectivity index (χ3v) is 14.5. The van der Waals surface area contributed by atoms with Crippen molar-refractivity contribution in [2.75, 3.05) is 0 Å². The van der Waals surface area contributed by atoms with Crippen LogP contribution in [0.15, 0.2) is 190 Å². The lowest BCUT2D eigenvalue weighted by Gasteiger charge is -2.38. The minimum Gasteiger partial charge on any atom is -0.354 e. The first kappa shape index (κ1) is 38.2. The molecule has 8 heterocycles. The van der Waals surface area contributed by atoms with E-state index >= 15 is 0 Å². The van der Waals surface area contributed by atoms with Crippen molar-refractivity contribution >= 4 is 0 Å². The predicted octanol–water partition coefficient (Wildman–Crippen LogP) is 9.55. The summed E-state index contributed by atoms with van der Waals surface area (Å²) in [6.07, 6.45) is 33.1. The van der Waals surface area contributed by atoms with Crippen LogP contribution in [-0.2, 0) is 23.4 Å². The lowest BCUT2D eigenvalue weighted by Crippen LogP contribution is -2.38. The van der Waals surface area contributed by atoms with E-state index in [1.807, 2.05) is 92.2 Å². The van der Waals surface area contributed by atoms with Gasteiger partial charge in [-0.1, -0.05) is 56.3 Å². The summed E-state index contributed by atoms with van der Waals surface area (Å²) in [7, 11) is 2.02. The highest BCUT2D eigenvalue weighted by Crippen LogP contribution is 2.60. The molecule has 314 valence electrons. The zero-order valence-electron chi connectivity index (χ0n) is 36.5. The Morgan fingerprint density at radius 2 is 0.879 bits per heavy atom. The number of aromatic nitrogens is 9. The van der Waals surface area contributed by atoms with Gasteiger partial charge in [0, 0.05) is 131 Å². The van der Waals surface area contributed by atoms with Gasteiger partial charge < -0.3 is 9.13 Å². The largest absolute Gasteiger partial charge is 0.354 e. The number of benzene rings is 2. The van der Waals surface area contributed by atoms with Crippen molar-refractivity contribution in [3.63, 3.8) is 0 Å². The molecule has 0 radical (unpaired) electrons. The van der Waals surface area contributed by atoms with Crippen LogP contribution >= 0.6 is 0 Å². The number of hydrogen-bond donors (Lipinski definition) is 0. The Balaban J connectivity index is 1.13. The van der Waals surface area contributed by atoms with Crippen LogP contribution in [0.4, 0.5) is 0 Å². The second kappa shape index (κ2) is 14.1. The molecule has 0 spiro atoms. The first-order valence-electron chi connectivity index (χ1n) is 22.3. The molecule has 66 heavy (non-hydrogen) atoms. The fraction of sp³-hybridized carbons (Fsp3) is 0.123. The molecule has 8 aromatic heterocycles. The summed E-state index contributed by atoms with van der Waals surface area (Å²) in [5, 5.41) is 0. The minimum atomic E-state index is -0.815. The molecule has 2 aromatic carbocycles. The molecule has 0 atom stereocenters. The van der Waals surface area contributed by atoms with Gasteiger partial charge in [-0.25, -0.2) is 0 Å². The van der Waals surface area contributed by atoms with Crippen LogP contribution in [0.1, 0.15) is 86.7 Å². The highest BCUT2D eigenvalue weighted by molar-refractivity contribution is 5.88. The van der Waals surface area contributed by atoms with Crippen molar-refractivity contribution in [1.82, 2.24) is 39.5 Å². The molecule has 9 nitrogen and oxygen atoms in total. The molecule has 3 aliphatic rings. The molecule has 0 aliphatic heterocycles. The molecule has 0 fully saturated rings. The van der Waals surface area contributed by atoms with E-state index in [2.05, 4.69) is 154 Å². The van der Waals surface area contributed by atoms with E-state index in [1.54, 1.807) is 0 Å². The van der Waals surface area contributed by atoms with Gasteiger partial charge in [-0.15, -0.1) is 0 Å². The van der Waals surface area contributed by atoms with E-state index in [9.17, 15) is 0 Å². The first-order chi connectivity index (χ1) is 32.5. The second-order valence-electron chi connectivity index (χ2n) is 17.9. The van der Waals surface area contributed by atoms with Crippen molar-refractivity contribution in [3.05, 3.63) is 263 Å². The summed E-state index contributed by atoms with van der Waals surface area (Å²) in [5.74, 6) is 0.302. The molecule has 13 rings (SSSR count). The average molecular weight is 852 g/mol. The normalized spacial score (nSPS) is 15.1. The van der Waals surface area contributed by atoms with Crippen LogP contribution < -0.4 is 4.57 Å². The Hall–Kier alpha value is -8.30. The van der Waals surface area contributed by atoms with Gasteiger partial charge in [0.25, 0.3) is 0 Å². The predicted molar refractivity (Wildman–Crippen MR) is 251 cm³/mol. The lowest BCUT2D eigenvalue weighted by atomic mass is 9.64. The highest BCUT2D eigenvalue weighted by Gasteiger charge is 2.53. The Morgan fingerprint density at radius 3 is 1.33 bits per heavy atom. The van der Waals surface area contributed by atoms with Gasteiger partial charge >= 0.3 is 0 Å². The van der Waals surface area contributed by atoms with Gasteiger partial charge in [-0.2, -0.15) is 0 Å². The second-order valence-corrected chi connectivity index (χ2v) is 17.9. The Bertz CT molecular complexity index is 3450. The number of nitrogens with zero attached hydrogens (tertiary/aromatic N) is 9. The summed E-state index contributed by atoms with van der Waals surface area (Å²) >= 11 is 0. The fourth-order valence-corrected chi connectivity index (χ4v) is 11.8. The molecular formula is C57H41N9. The number of rotatable bonds is 7. The maximum Gasteiger partial charge on any atom is 0.204 e. The molecule has 10 aromatic rings. The van der Waals surface area contributed by atoms with E-state index in [0.29, 0.717) is 5.92 Å². The van der Waals surface area contributed by atoms with Crippen molar-refractivity contribution in [2.24, 2.45) is 7.05 Å². The van der Waals surface area contributed by atoms with Gasteiger partial charge in [-0.3, -0.25) is 34.9 Å². The molecule has 9 heteroatoms. The highest BCUT2D eigenvalue weighted by atomic mass is 15.2. The van der Waals surface area contributed by atoms with Gasteiger partial charge in [0.1, 0.15) is 0 Å². The van der Waals surface area contributed by atoms with E-state index in [-0.39, 0.29) is 0 Å². The molecule has 0 saturated carbocycles. The molecule has 3 aliphatic carbocycles. The number of hydrogen-bond acceptors (Lipinski definition) is 7. The molecule has 0 saturated heterocycles. The summed E-state index contributed by atoms with van der Waals surface area (Å²) in [4.78, 5) is 33.3. The van der Waals surface area contributed by atoms with Crippen LogP contribution in [0.25, 0.3) is 33.4 Å². The molecular weight excluding hydrogens is 811 g/mol. The van der Waals surface area contributed by atoms with Crippen molar-refractivity contribution in [1.29, 1.82) is 0 Å². The number of fused-ring (bicyclic) bond motifs is 9. The SMILES string of the molecule is CC(C)c1ccnc(C2(c3cccc(C4(c5cccc(C6(n7[c-][n+](C)cc7)c7ccncc7-c7cnccc76)c5)c5ccncc5-c5cnccc54)c3)c3ccncc3-c3cnccc32)c1. The Labute approximate surface area is 382 Å². The quantitative estimate of drug-likeness (QED) is 0.116. The van der Waals surface area contributed by atoms with Crippen LogP contribution in [0, 0.1) is 6.33 Å². The summed E-state index contributed by atoms with van der Waals surface area (Å²) in [6, 6.07) is 35.9. The maximum atomic E-state index is 5.28. The molecule has 0 bridgehead atoms. The Morgan fingerprint density at radius 1 is 0.470 bits per heavy atom. The number of imidazole rings is 1. The van der Waals surface area contributed by atoms with Crippen LogP contribution in [0.3, 0.4) is 0 Å². The van der Waals surface area contributed by atoms with Gasteiger partial charge in [0.15, 0.2) is 5.54 Å². The third-order valence-electron chi connectivity index (χ3n) is 14.5.